The van der Waals surface area contributed by atoms with Crippen molar-refractivity contribution in [1.82, 2.24) is 0 Å². The number of hydrogen-bond acceptors (Lipinski definition) is 1. The Labute approximate surface area is 136 Å². The third-order valence-corrected chi connectivity index (χ3v) is 3.63. The van der Waals surface area contributed by atoms with E-state index in [9.17, 15) is 34.9 Å². The SMILES string of the molecule is CCOC[N+]1(CC(C)C)CCCC1.F[B-](F)(F)C(F)(F)C(F)(F)F. The summed E-state index contributed by atoms with van der Waals surface area (Å²) in [6.07, 6.45) is -3.77. The second kappa shape index (κ2) is 8.69. The predicted octanol–water partition coefficient (Wildman–Crippen LogP) is 4.82. The average Bonchev–Trinajstić information content (AvgIpc) is 2.82. The van der Waals surface area contributed by atoms with Crippen molar-refractivity contribution in [3.05, 3.63) is 0 Å². The van der Waals surface area contributed by atoms with Crippen molar-refractivity contribution in [2.24, 2.45) is 5.92 Å². The van der Waals surface area contributed by atoms with Crippen LogP contribution in [0.1, 0.15) is 33.6 Å². The zero-order chi connectivity index (χ0) is 19.2. The van der Waals surface area contributed by atoms with E-state index < -0.39 is 19.0 Å². The van der Waals surface area contributed by atoms with Gasteiger partial charge in [0.25, 0.3) is 0 Å². The van der Waals surface area contributed by atoms with Gasteiger partial charge in [0.05, 0.1) is 19.6 Å². The second-order valence-electron chi connectivity index (χ2n) is 6.39. The lowest BCUT2D eigenvalue weighted by atomic mass is 9.80. The number of hydrogen-bond donors (Lipinski definition) is 0. The zero-order valence-electron chi connectivity index (χ0n) is 14.0. The van der Waals surface area contributed by atoms with E-state index in [1.54, 1.807) is 0 Å². The number of quaternary nitrogens is 1. The molecule has 0 radical (unpaired) electrons. The Kier molecular flexibility index (Phi) is 8.48. The van der Waals surface area contributed by atoms with Crippen LogP contribution >= 0.6 is 0 Å². The van der Waals surface area contributed by atoms with Crippen molar-refractivity contribution >= 4 is 6.98 Å². The van der Waals surface area contributed by atoms with E-state index in [1.807, 2.05) is 0 Å². The third-order valence-electron chi connectivity index (χ3n) is 3.63. The maximum Gasteiger partial charge on any atom is 0.558 e. The van der Waals surface area contributed by atoms with Gasteiger partial charge in [0.1, 0.15) is 0 Å². The minimum absolute atomic E-state index is 0.790. The van der Waals surface area contributed by atoms with E-state index in [2.05, 4.69) is 20.8 Å². The molecule has 0 unspecified atom stereocenters. The first-order valence-corrected chi connectivity index (χ1v) is 7.75. The van der Waals surface area contributed by atoms with Gasteiger partial charge in [-0.25, -0.2) is 8.78 Å². The highest BCUT2D eigenvalue weighted by molar-refractivity contribution is 6.61. The van der Waals surface area contributed by atoms with Gasteiger partial charge < -0.3 is 22.2 Å². The zero-order valence-corrected chi connectivity index (χ0v) is 14.0. The summed E-state index contributed by atoms with van der Waals surface area (Å²) in [5.74, 6) is -5.77. The van der Waals surface area contributed by atoms with Crippen molar-refractivity contribution < 1.29 is 44.1 Å². The Morgan fingerprint density at radius 1 is 1.00 bits per heavy atom. The summed E-state index contributed by atoms with van der Waals surface area (Å²) in [6, 6.07) is 0. The smallest absolute Gasteiger partial charge is 0.445 e. The molecule has 1 aliphatic heterocycles. The fourth-order valence-electron chi connectivity index (χ4n) is 2.62. The molecule has 24 heavy (non-hydrogen) atoms. The third kappa shape index (κ3) is 6.74. The van der Waals surface area contributed by atoms with Crippen molar-refractivity contribution in [2.45, 2.75) is 45.6 Å². The highest BCUT2D eigenvalue weighted by Gasteiger charge is 2.69. The van der Waals surface area contributed by atoms with Gasteiger partial charge in [0.15, 0.2) is 6.73 Å². The molecule has 0 aromatic rings. The van der Waals surface area contributed by atoms with Crippen LogP contribution in [-0.2, 0) is 4.74 Å². The molecule has 11 heteroatoms. The van der Waals surface area contributed by atoms with Crippen molar-refractivity contribution in [2.75, 3.05) is 33.0 Å². The molecule has 2 nitrogen and oxygen atoms in total. The van der Waals surface area contributed by atoms with Crippen LogP contribution in [0, 0.1) is 5.92 Å². The normalized spacial score (nSPS) is 18.5. The Morgan fingerprint density at radius 3 is 1.71 bits per heavy atom. The minimum Gasteiger partial charge on any atom is -0.445 e. The standard InChI is InChI=1S/C11H24NO.C2BF8/c1-4-13-10-12(9-11(2)3)7-5-6-8-12;4-1(5,2(6,7)8)3(9,10)11/h11H,4-10H2,1-3H3;/q+1;-1. The number of ether oxygens (including phenoxy) is 1. The Hall–Kier alpha value is -0.575. The number of rotatable bonds is 6. The summed E-state index contributed by atoms with van der Waals surface area (Å²) >= 11 is 0. The van der Waals surface area contributed by atoms with Crippen molar-refractivity contribution in [1.29, 1.82) is 0 Å². The van der Waals surface area contributed by atoms with Crippen LogP contribution in [0.15, 0.2) is 0 Å². The summed E-state index contributed by atoms with van der Waals surface area (Å²) in [7, 11) is 0. The topological polar surface area (TPSA) is 9.23 Å². The van der Waals surface area contributed by atoms with Crippen LogP contribution in [-0.4, -0.2) is 56.4 Å². The van der Waals surface area contributed by atoms with Crippen LogP contribution in [0.5, 0.6) is 0 Å². The van der Waals surface area contributed by atoms with Crippen LogP contribution in [0.2, 0.25) is 0 Å². The molecule has 1 fully saturated rings. The average molecular weight is 373 g/mol. The molecule has 1 aliphatic rings. The van der Waals surface area contributed by atoms with Gasteiger partial charge in [-0.3, -0.25) is 0 Å². The summed E-state index contributed by atoms with van der Waals surface area (Å²) in [6.45, 7) is 5.25. The fraction of sp³-hybridized carbons (Fsp3) is 1.00. The molecule has 0 bridgehead atoms. The van der Waals surface area contributed by atoms with E-state index >= 15 is 0 Å². The Morgan fingerprint density at radius 2 is 1.46 bits per heavy atom. The summed E-state index contributed by atoms with van der Waals surface area (Å²) in [4.78, 5) is 0. The van der Waals surface area contributed by atoms with Crippen LogP contribution in [0.4, 0.5) is 34.9 Å². The molecular weight excluding hydrogens is 349 g/mol. The molecule has 0 amide bonds. The molecule has 0 N–H and O–H groups in total. The maximum absolute atomic E-state index is 11.2. The second-order valence-corrected chi connectivity index (χ2v) is 6.39. The molecule has 0 aromatic heterocycles. The highest BCUT2D eigenvalue weighted by atomic mass is 19.4. The molecule has 146 valence electrons. The van der Waals surface area contributed by atoms with Crippen LogP contribution in [0.3, 0.4) is 0 Å². The fourth-order valence-corrected chi connectivity index (χ4v) is 2.62. The number of nitrogens with zero attached hydrogens (tertiary/aromatic N) is 1. The first-order valence-electron chi connectivity index (χ1n) is 7.75. The molecule has 1 heterocycles. The monoisotopic (exact) mass is 373 g/mol. The first kappa shape index (κ1) is 23.4. The number of halogens is 8. The molecule has 0 aromatic carbocycles. The van der Waals surface area contributed by atoms with Gasteiger partial charge in [-0.15, -0.1) is 0 Å². The molecule has 1 rings (SSSR count). The van der Waals surface area contributed by atoms with E-state index in [-0.39, 0.29) is 0 Å². The summed E-state index contributed by atoms with van der Waals surface area (Å²) in [5, 5.41) is 0. The van der Waals surface area contributed by atoms with E-state index in [0.717, 1.165) is 19.3 Å². The Bertz CT molecular complexity index is 348. The first-order chi connectivity index (χ1) is 10.7. The highest BCUT2D eigenvalue weighted by Crippen LogP contribution is 2.44. The number of alkyl halides is 5. The molecule has 0 aliphatic carbocycles. The quantitative estimate of drug-likeness (QED) is 0.369. The maximum atomic E-state index is 11.2. The van der Waals surface area contributed by atoms with Gasteiger partial charge >= 0.3 is 19.0 Å². The van der Waals surface area contributed by atoms with Gasteiger partial charge in [-0.2, -0.15) is 13.2 Å². The number of likely N-dealkylation sites (tertiary alicyclic amines) is 1. The lowest BCUT2D eigenvalue weighted by molar-refractivity contribution is -0.937. The van der Waals surface area contributed by atoms with E-state index in [0.29, 0.717) is 0 Å². The summed E-state index contributed by atoms with van der Waals surface area (Å²) in [5.41, 5.74) is 0. The van der Waals surface area contributed by atoms with E-state index in [1.165, 1.54) is 37.0 Å². The van der Waals surface area contributed by atoms with Crippen LogP contribution in [0.25, 0.3) is 0 Å². The molecule has 1 saturated heterocycles. The van der Waals surface area contributed by atoms with Gasteiger partial charge in [0, 0.05) is 25.4 Å². The minimum atomic E-state index is -7.21. The van der Waals surface area contributed by atoms with Crippen LogP contribution < -0.4 is 0 Å². The summed E-state index contributed by atoms with van der Waals surface area (Å²) < 4.78 is 94.6. The van der Waals surface area contributed by atoms with E-state index in [4.69, 9.17) is 4.74 Å². The predicted molar refractivity (Wildman–Crippen MR) is 75.5 cm³/mol. The molecular formula is C13H24BF8NO. The molecule has 0 atom stereocenters. The lowest BCUT2D eigenvalue weighted by Crippen LogP contribution is -2.53. The largest absolute Gasteiger partial charge is 0.558 e. The molecule has 0 spiro atoms. The Balaban J connectivity index is 0.000000449. The van der Waals surface area contributed by atoms with Gasteiger partial charge in [-0.1, -0.05) is 13.8 Å². The van der Waals surface area contributed by atoms with Gasteiger partial charge in [0.2, 0.25) is 0 Å². The lowest BCUT2D eigenvalue weighted by Gasteiger charge is -2.35. The van der Waals surface area contributed by atoms with Crippen molar-refractivity contribution in [3.63, 3.8) is 0 Å². The van der Waals surface area contributed by atoms with Gasteiger partial charge in [-0.05, 0) is 6.92 Å². The molecule has 0 saturated carbocycles. The van der Waals surface area contributed by atoms with Crippen molar-refractivity contribution in [3.8, 4) is 0 Å².